The maximum absolute atomic E-state index is 12.7. The first-order valence-electron chi connectivity index (χ1n) is 11.3. The fraction of sp³-hybridized carbons (Fsp3) is 0.609. The van der Waals surface area contributed by atoms with E-state index in [1.165, 1.54) is 0 Å². The van der Waals surface area contributed by atoms with Crippen LogP contribution >= 0.6 is 0 Å². The molecule has 0 bridgehead atoms. The number of likely N-dealkylation sites (tertiary alicyclic amines) is 1. The van der Waals surface area contributed by atoms with Gasteiger partial charge in [-0.2, -0.15) is 0 Å². The Morgan fingerprint density at radius 2 is 1.91 bits per heavy atom. The average Bonchev–Trinajstić information content (AvgIpc) is 2.78. The molecule has 9 nitrogen and oxygen atoms in total. The molecule has 0 aromatic heterocycles. The van der Waals surface area contributed by atoms with Crippen LogP contribution in [0.4, 0.5) is 0 Å². The van der Waals surface area contributed by atoms with E-state index in [9.17, 15) is 14.4 Å². The Bertz CT molecular complexity index is 859. The zero-order chi connectivity index (χ0) is 22.6. The summed E-state index contributed by atoms with van der Waals surface area (Å²) in [5, 5.41) is 2.87. The maximum Gasteiger partial charge on any atom is 0.257 e. The molecular weight excluding hydrogens is 414 g/mol. The third-order valence-corrected chi connectivity index (χ3v) is 6.41. The molecule has 2 fully saturated rings. The Morgan fingerprint density at radius 3 is 2.62 bits per heavy atom. The van der Waals surface area contributed by atoms with Crippen molar-refractivity contribution in [1.29, 1.82) is 0 Å². The predicted molar refractivity (Wildman–Crippen MR) is 116 cm³/mol. The SMILES string of the molecule is CC(=O)N1CCC2(CC1)CC(=O)c1ccc(OCC(=O)NCCN3CCOCC3)cc1O2. The molecule has 174 valence electrons. The number of nitrogens with one attached hydrogen (secondary N) is 1. The second-order valence-electron chi connectivity index (χ2n) is 8.64. The fourth-order valence-electron chi connectivity index (χ4n) is 4.45. The van der Waals surface area contributed by atoms with Crippen LogP contribution in [0.25, 0.3) is 0 Å². The van der Waals surface area contributed by atoms with Gasteiger partial charge >= 0.3 is 0 Å². The fourth-order valence-corrected chi connectivity index (χ4v) is 4.45. The van der Waals surface area contributed by atoms with Gasteiger partial charge in [-0.05, 0) is 12.1 Å². The summed E-state index contributed by atoms with van der Waals surface area (Å²) in [6, 6.07) is 5.07. The van der Waals surface area contributed by atoms with E-state index in [0.29, 0.717) is 56.0 Å². The Labute approximate surface area is 188 Å². The summed E-state index contributed by atoms with van der Waals surface area (Å²) in [4.78, 5) is 40.5. The largest absolute Gasteiger partial charge is 0.486 e. The quantitative estimate of drug-likeness (QED) is 0.694. The van der Waals surface area contributed by atoms with Crippen molar-refractivity contribution >= 4 is 17.6 Å². The number of Topliss-reactive ketones (excluding diaryl/α,β-unsaturated/α-hetero) is 1. The van der Waals surface area contributed by atoms with Crippen LogP contribution in [0.3, 0.4) is 0 Å². The van der Waals surface area contributed by atoms with Crippen LogP contribution in [0.2, 0.25) is 0 Å². The number of carbonyl (C=O) groups is 3. The summed E-state index contributed by atoms with van der Waals surface area (Å²) in [6.07, 6.45) is 1.56. The van der Waals surface area contributed by atoms with E-state index in [1.54, 1.807) is 30.0 Å². The van der Waals surface area contributed by atoms with Crippen molar-refractivity contribution < 1.29 is 28.6 Å². The summed E-state index contributed by atoms with van der Waals surface area (Å²) in [5.41, 5.74) is -0.0437. The number of amides is 2. The smallest absolute Gasteiger partial charge is 0.257 e. The van der Waals surface area contributed by atoms with Crippen molar-refractivity contribution in [3.05, 3.63) is 23.8 Å². The van der Waals surface area contributed by atoms with Gasteiger partial charge in [0.15, 0.2) is 12.4 Å². The van der Waals surface area contributed by atoms with E-state index >= 15 is 0 Å². The van der Waals surface area contributed by atoms with Gasteiger partial charge in [0.25, 0.3) is 5.91 Å². The Kier molecular flexibility index (Phi) is 6.95. The number of rotatable bonds is 6. The lowest BCUT2D eigenvalue weighted by atomic mass is 9.82. The van der Waals surface area contributed by atoms with Crippen LogP contribution in [0.1, 0.15) is 36.5 Å². The Balaban J connectivity index is 1.29. The van der Waals surface area contributed by atoms with Crippen LogP contribution < -0.4 is 14.8 Å². The molecule has 0 atom stereocenters. The number of hydrogen-bond donors (Lipinski definition) is 1. The number of ketones is 1. The van der Waals surface area contributed by atoms with Crippen LogP contribution in [-0.4, -0.2) is 92.1 Å². The number of morpholine rings is 1. The van der Waals surface area contributed by atoms with E-state index < -0.39 is 5.60 Å². The molecule has 3 aliphatic heterocycles. The van der Waals surface area contributed by atoms with Crippen molar-refractivity contribution in [1.82, 2.24) is 15.1 Å². The molecule has 32 heavy (non-hydrogen) atoms. The number of fused-ring (bicyclic) bond motifs is 1. The normalized spacial score (nSPS) is 20.4. The zero-order valence-electron chi connectivity index (χ0n) is 18.6. The van der Waals surface area contributed by atoms with Crippen molar-refractivity contribution in [2.24, 2.45) is 0 Å². The molecule has 1 aromatic carbocycles. The van der Waals surface area contributed by atoms with Crippen LogP contribution in [0.5, 0.6) is 11.5 Å². The molecule has 0 aliphatic carbocycles. The van der Waals surface area contributed by atoms with Crippen LogP contribution in [-0.2, 0) is 14.3 Å². The van der Waals surface area contributed by atoms with Crippen molar-refractivity contribution in [3.8, 4) is 11.5 Å². The van der Waals surface area contributed by atoms with E-state index in [2.05, 4.69) is 10.2 Å². The second-order valence-corrected chi connectivity index (χ2v) is 8.64. The van der Waals surface area contributed by atoms with E-state index in [1.807, 2.05) is 0 Å². The highest BCUT2D eigenvalue weighted by Gasteiger charge is 2.43. The Hall–Kier alpha value is -2.65. The highest BCUT2D eigenvalue weighted by atomic mass is 16.5. The van der Waals surface area contributed by atoms with Gasteiger partial charge in [0.05, 0.1) is 25.2 Å². The number of piperidine rings is 1. The van der Waals surface area contributed by atoms with E-state index in [-0.39, 0.29) is 24.2 Å². The van der Waals surface area contributed by atoms with Gasteiger partial charge < -0.3 is 24.4 Å². The minimum absolute atomic E-state index is 0.0370. The standard InChI is InChI=1S/C23H31N3O6/c1-17(27)26-7-4-23(5-8-26)15-20(28)19-3-2-18(14-21(19)32-23)31-16-22(29)24-6-9-25-10-12-30-13-11-25/h2-3,14H,4-13,15-16H2,1H3,(H,24,29). The van der Waals surface area contributed by atoms with Gasteiger partial charge in [-0.15, -0.1) is 0 Å². The summed E-state index contributed by atoms with van der Waals surface area (Å²) in [6.45, 7) is 7.20. The molecule has 2 amide bonds. The number of benzene rings is 1. The number of hydrogen-bond acceptors (Lipinski definition) is 7. The first-order chi connectivity index (χ1) is 15.4. The first-order valence-corrected chi connectivity index (χ1v) is 11.3. The monoisotopic (exact) mass is 445 g/mol. The molecule has 0 radical (unpaired) electrons. The molecule has 9 heteroatoms. The molecule has 4 rings (SSSR count). The molecule has 1 spiro atoms. The van der Waals surface area contributed by atoms with Crippen molar-refractivity contribution in [2.75, 3.05) is 59.1 Å². The molecule has 0 saturated carbocycles. The van der Waals surface area contributed by atoms with E-state index in [0.717, 1.165) is 32.8 Å². The average molecular weight is 446 g/mol. The van der Waals surface area contributed by atoms with Crippen molar-refractivity contribution in [2.45, 2.75) is 31.8 Å². The van der Waals surface area contributed by atoms with Crippen molar-refractivity contribution in [3.63, 3.8) is 0 Å². The minimum atomic E-state index is -0.578. The maximum atomic E-state index is 12.7. The summed E-state index contributed by atoms with van der Waals surface area (Å²) >= 11 is 0. The molecule has 2 saturated heterocycles. The topological polar surface area (TPSA) is 97.4 Å². The predicted octanol–water partition coefficient (Wildman–Crippen LogP) is 0.860. The molecule has 3 heterocycles. The third kappa shape index (κ3) is 5.39. The van der Waals surface area contributed by atoms with Crippen LogP contribution in [0.15, 0.2) is 18.2 Å². The van der Waals surface area contributed by atoms with Crippen LogP contribution in [0, 0.1) is 0 Å². The van der Waals surface area contributed by atoms with Gasteiger partial charge in [0.2, 0.25) is 5.91 Å². The highest BCUT2D eigenvalue weighted by Crippen LogP contribution is 2.40. The number of carbonyl (C=O) groups excluding carboxylic acids is 3. The summed E-state index contributed by atoms with van der Waals surface area (Å²) < 4.78 is 17.2. The van der Waals surface area contributed by atoms with Gasteiger partial charge in [0.1, 0.15) is 17.1 Å². The first kappa shape index (κ1) is 22.5. The highest BCUT2D eigenvalue weighted by molar-refractivity contribution is 6.00. The van der Waals surface area contributed by atoms with Gasteiger partial charge in [0, 0.05) is 65.1 Å². The molecule has 1 aromatic rings. The molecule has 0 unspecified atom stereocenters. The molecule has 3 aliphatic rings. The summed E-state index contributed by atoms with van der Waals surface area (Å²) in [5.74, 6) is 0.859. The van der Waals surface area contributed by atoms with Gasteiger partial charge in [-0.1, -0.05) is 0 Å². The lowest BCUT2D eigenvalue weighted by molar-refractivity contribution is -0.132. The third-order valence-electron chi connectivity index (χ3n) is 6.41. The molecular formula is C23H31N3O6. The van der Waals surface area contributed by atoms with Gasteiger partial charge in [-0.3, -0.25) is 19.3 Å². The molecule has 1 N–H and O–H groups in total. The number of ether oxygens (including phenoxy) is 3. The lowest BCUT2D eigenvalue weighted by Crippen LogP contribution is -2.51. The van der Waals surface area contributed by atoms with Gasteiger partial charge in [-0.25, -0.2) is 0 Å². The lowest BCUT2D eigenvalue weighted by Gasteiger charge is -2.43. The zero-order valence-corrected chi connectivity index (χ0v) is 18.6. The Morgan fingerprint density at radius 1 is 1.16 bits per heavy atom. The summed E-state index contributed by atoms with van der Waals surface area (Å²) in [7, 11) is 0. The second kappa shape index (κ2) is 9.87. The minimum Gasteiger partial charge on any atom is -0.486 e. The van der Waals surface area contributed by atoms with E-state index in [4.69, 9.17) is 14.2 Å². The number of nitrogens with zero attached hydrogens (tertiary/aromatic N) is 2.